The number of nitro groups is 1. The van der Waals surface area contributed by atoms with Gasteiger partial charge in [-0.25, -0.2) is 0 Å². The zero-order chi connectivity index (χ0) is 15.6. The van der Waals surface area contributed by atoms with E-state index in [9.17, 15) is 10.1 Å². The first-order chi connectivity index (χ1) is 9.74. The van der Waals surface area contributed by atoms with Crippen molar-refractivity contribution in [3.05, 3.63) is 45.3 Å². The molecule has 0 bridgehead atoms. The summed E-state index contributed by atoms with van der Waals surface area (Å²) in [5.41, 5.74) is 1.35. The molecule has 5 nitrogen and oxygen atoms in total. The lowest BCUT2D eigenvalue weighted by Crippen LogP contribution is -2.26. The van der Waals surface area contributed by atoms with Crippen molar-refractivity contribution in [2.45, 2.75) is 33.2 Å². The van der Waals surface area contributed by atoms with Crippen molar-refractivity contribution in [2.75, 3.05) is 5.32 Å². The number of ether oxygens (including phenoxy) is 1. The second-order valence-electron chi connectivity index (χ2n) is 5.86. The van der Waals surface area contributed by atoms with Crippen LogP contribution in [0.25, 0.3) is 0 Å². The molecule has 0 saturated carbocycles. The number of nitro benzene ring substituents is 1. The summed E-state index contributed by atoms with van der Waals surface area (Å²) < 4.78 is 5.74. The first-order valence-electron chi connectivity index (χ1n) is 6.54. The Morgan fingerprint density at radius 3 is 2.52 bits per heavy atom. The highest BCUT2D eigenvalue weighted by atomic mass is 32.1. The molecule has 0 saturated heterocycles. The molecule has 1 N–H and O–H groups in total. The second-order valence-corrected chi connectivity index (χ2v) is 6.73. The zero-order valence-electron chi connectivity index (χ0n) is 12.5. The fraction of sp³-hybridized carbons (Fsp3) is 0.333. The third-order valence-electron chi connectivity index (χ3n) is 2.60. The van der Waals surface area contributed by atoms with Gasteiger partial charge in [-0.2, -0.15) is 0 Å². The van der Waals surface area contributed by atoms with E-state index in [1.165, 1.54) is 17.4 Å². The Balaban J connectivity index is 2.32. The number of aryl methyl sites for hydroxylation is 1. The average molecular weight is 306 g/mol. The maximum Gasteiger partial charge on any atom is 0.292 e. The van der Waals surface area contributed by atoms with Crippen molar-refractivity contribution in [3.63, 3.8) is 0 Å². The van der Waals surface area contributed by atoms with Crippen LogP contribution in [0.2, 0.25) is 0 Å². The van der Waals surface area contributed by atoms with Gasteiger partial charge in [-0.1, -0.05) is 0 Å². The van der Waals surface area contributed by atoms with E-state index in [0.717, 1.165) is 10.6 Å². The fourth-order valence-electron chi connectivity index (χ4n) is 1.82. The third kappa shape index (κ3) is 4.19. The smallest absolute Gasteiger partial charge is 0.292 e. The molecule has 1 aromatic carbocycles. The van der Waals surface area contributed by atoms with Crippen molar-refractivity contribution in [2.24, 2.45) is 0 Å². The number of nitrogens with zero attached hydrogens (tertiary/aromatic N) is 1. The molecule has 6 heteroatoms. The molecular formula is C15H18N2O3S. The summed E-state index contributed by atoms with van der Waals surface area (Å²) in [7, 11) is 0. The van der Waals surface area contributed by atoms with E-state index in [2.05, 4.69) is 5.32 Å². The standard InChI is InChI=1S/C15H18N2O3S/c1-10-7-14(21-9-10)20-11-5-6-13(17(18)19)12(8-11)16-15(2,3)4/h5-9,16H,1-4H3. The molecule has 0 spiro atoms. The number of rotatable bonds is 4. The van der Waals surface area contributed by atoms with Crippen LogP contribution in [0.3, 0.4) is 0 Å². The molecule has 0 fully saturated rings. The number of thiophene rings is 1. The lowest BCUT2D eigenvalue weighted by molar-refractivity contribution is -0.384. The van der Waals surface area contributed by atoms with Crippen molar-refractivity contribution in [3.8, 4) is 10.8 Å². The van der Waals surface area contributed by atoms with E-state index >= 15 is 0 Å². The van der Waals surface area contributed by atoms with Crippen LogP contribution in [-0.2, 0) is 0 Å². The van der Waals surface area contributed by atoms with Crippen molar-refractivity contribution >= 4 is 22.7 Å². The molecule has 112 valence electrons. The molecule has 1 heterocycles. The van der Waals surface area contributed by atoms with E-state index in [1.54, 1.807) is 12.1 Å². The molecule has 0 amide bonds. The van der Waals surface area contributed by atoms with Crippen LogP contribution < -0.4 is 10.1 Å². The van der Waals surface area contributed by atoms with E-state index in [1.807, 2.05) is 39.1 Å². The molecule has 0 aliphatic rings. The van der Waals surface area contributed by atoms with Crippen molar-refractivity contribution in [1.29, 1.82) is 0 Å². The molecule has 2 aromatic rings. The van der Waals surface area contributed by atoms with Gasteiger partial charge >= 0.3 is 0 Å². The van der Waals surface area contributed by atoms with Gasteiger partial charge in [0.2, 0.25) is 0 Å². The van der Waals surface area contributed by atoms with Gasteiger partial charge in [0, 0.05) is 17.7 Å². The van der Waals surface area contributed by atoms with Gasteiger partial charge in [0.15, 0.2) is 5.06 Å². The zero-order valence-corrected chi connectivity index (χ0v) is 13.3. The topological polar surface area (TPSA) is 64.4 Å². The minimum Gasteiger partial charge on any atom is -0.447 e. The molecule has 0 radical (unpaired) electrons. The highest BCUT2D eigenvalue weighted by Crippen LogP contribution is 2.34. The third-order valence-corrected chi connectivity index (χ3v) is 3.52. The normalized spacial score (nSPS) is 11.2. The molecule has 0 aliphatic carbocycles. The monoisotopic (exact) mass is 306 g/mol. The van der Waals surface area contributed by atoms with Gasteiger partial charge in [-0.15, -0.1) is 11.3 Å². The van der Waals surface area contributed by atoms with Crippen molar-refractivity contribution in [1.82, 2.24) is 0 Å². The first kappa shape index (κ1) is 15.3. The Morgan fingerprint density at radius 1 is 1.29 bits per heavy atom. The summed E-state index contributed by atoms with van der Waals surface area (Å²) in [4.78, 5) is 10.7. The van der Waals surface area contributed by atoms with Gasteiger partial charge in [-0.3, -0.25) is 10.1 Å². The molecule has 21 heavy (non-hydrogen) atoms. The Hall–Kier alpha value is -2.08. The minimum atomic E-state index is -0.396. The summed E-state index contributed by atoms with van der Waals surface area (Å²) in [6, 6.07) is 6.67. The Kier molecular flexibility index (Phi) is 4.18. The molecular weight excluding hydrogens is 288 g/mol. The van der Waals surface area contributed by atoms with Gasteiger partial charge < -0.3 is 10.1 Å². The average Bonchev–Trinajstić information content (AvgIpc) is 2.72. The van der Waals surface area contributed by atoms with E-state index in [4.69, 9.17) is 4.74 Å². The maximum atomic E-state index is 11.1. The summed E-state index contributed by atoms with van der Waals surface area (Å²) in [6.45, 7) is 7.85. The van der Waals surface area contributed by atoms with Crippen LogP contribution in [0, 0.1) is 17.0 Å². The number of nitrogens with one attached hydrogen (secondary N) is 1. The fourth-order valence-corrected chi connectivity index (χ4v) is 2.58. The highest BCUT2D eigenvalue weighted by molar-refractivity contribution is 7.12. The van der Waals surface area contributed by atoms with Crippen LogP contribution in [-0.4, -0.2) is 10.5 Å². The Bertz CT molecular complexity index is 659. The lowest BCUT2D eigenvalue weighted by Gasteiger charge is -2.22. The molecule has 1 aromatic heterocycles. The largest absolute Gasteiger partial charge is 0.447 e. The van der Waals surface area contributed by atoms with Gasteiger partial charge in [0.1, 0.15) is 11.4 Å². The molecule has 0 atom stereocenters. The van der Waals surface area contributed by atoms with Crippen LogP contribution >= 0.6 is 11.3 Å². The van der Waals surface area contributed by atoms with Gasteiger partial charge in [0.25, 0.3) is 5.69 Å². The number of benzene rings is 1. The number of hydrogen-bond donors (Lipinski definition) is 1. The Morgan fingerprint density at radius 2 is 2.00 bits per heavy atom. The van der Waals surface area contributed by atoms with Gasteiger partial charge in [-0.05, 0) is 50.8 Å². The predicted molar refractivity (Wildman–Crippen MR) is 85.6 cm³/mol. The van der Waals surface area contributed by atoms with Crippen LogP contribution in [0.4, 0.5) is 11.4 Å². The van der Waals surface area contributed by atoms with E-state index in [-0.39, 0.29) is 11.2 Å². The summed E-state index contributed by atoms with van der Waals surface area (Å²) in [6.07, 6.45) is 0. The molecule has 2 rings (SSSR count). The van der Waals surface area contributed by atoms with Crippen LogP contribution in [0.5, 0.6) is 10.8 Å². The first-order valence-corrected chi connectivity index (χ1v) is 7.42. The lowest BCUT2D eigenvalue weighted by atomic mass is 10.1. The maximum absolute atomic E-state index is 11.1. The van der Waals surface area contributed by atoms with Gasteiger partial charge in [0.05, 0.1) is 4.92 Å². The summed E-state index contributed by atoms with van der Waals surface area (Å²) >= 11 is 1.50. The molecule has 0 aliphatic heterocycles. The Labute approximate surface area is 127 Å². The highest BCUT2D eigenvalue weighted by Gasteiger charge is 2.19. The van der Waals surface area contributed by atoms with Crippen molar-refractivity contribution < 1.29 is 9.66 Å². The van der Waals surface area contributed by atoms with Crippen LogP contribution in [0.1, 0.15) is 26.3 Å². The summed E-state index contributed by atoms with van der Waals surface area (Å²) in [5, 5.41) is 17.0. The van der Waals surface area contributed by atoms with E-state index < -0.39 is 4.92 Å². The van der Waals surface area contributed by atoms with Crippen LogP contribution in [0.15, 0.2) is 29.6 Å². The number of hydrogen-bond acceptors (Lipinski definition) is 5. The quantitative estimate of drug-likeness (QED) is 0.640. The minimum absolute atomic E-state index is 0.0413. The number of anilines is 1. The predicted octanol–water partition coefficient (Wildman–Crippen LogP) is 4.97. The molecule has 0 unspecified atom stereocenters. The summed E-state index contributed by atoms with van der Waals surface area (Å²) in [5.74, 6) is 0.578. The second kappa shape index (κ2) is 5.73. The SMILES string of the molecule is Cc1csc(Oc2ccc([N+](=O)[O-])c(NC(C)(C)C)c2)c1. The van der Waals surface area contributed by atoms with E-state index in [0.29, 0.717) is 11.4 Å².